The van der Waals surface area contributed by atoms with Crippen molar-refractivity contribution in [1.82, 2.24) is 9.78 Å². The normalized spacial score (nSPS) is 12.4. The Kier molecular flexibility index (Phi) is 3.71. The minimum atomic E-state index is 0.215. The molecule has 0 unspecified atom stereocenters. The summed E-state index contributed by atoms with van der Waals surface area (Å²) in [5, 5.41) is 15.8. The molecule has 1 aromatic rings. The van der Waals surface area contributed by atoms with Crippen LogP contribution in [0.4, 0.5) is 0 Å². The summed E-state index contributed by atoms with van der Waals surface area (Å²) in [6, 6.07) is 0. The molecule has 0 aliphatic heterocycles. The summed E-state index contributed by atoms with van der Waals surface area (Å²) >= 11 is 0. The minimum absolute atomic E-state index is 0.215. The highest BCUT2D eigenvalue weighted by Crippen LogP contribution is 2.19. The van der Waals surface area contributed by atoms with Crippen LogP contribution in [0.3, 0.4) is 0 Å². The third-order valence-corrected chi connectivity index (χ3v) is 2.31. The van der Waals surface area contributed by atoms with Gasteiger partial charge in [-0.15, -0.1) is 0 Å². The molecule has 0 aromatic carbocycles. The monoisotopic (exact) mass is 210 g/mol. The number of nitrogens with two attached hydrogens (primary N) is 1. The quantitative estimate of drug-likeness (QED) is 0.340. The zero-order chi connectivity index (χ0) is 11.4. The fraction of sp³-hybridized carbons (Fsp3) is 0.600. The summed E-state index contributed by atoms with van der Waals surface area (Å²) in [6.45, 7) is 7.10. The van der Waals surface area contributed by atoms with E-state index >= 15 is 0 Å². The summed E-state index contributed by atoms with van der Waals surface area (Å²) < 4.78 is 1.95. The molecule has 5 nitrogen and oxygen atoms in total. The van der Waals surface area contributed by atoms with E-state index in [-0.39, 0.29) is 5.84 Å². The molecule has 0 fully saturated rings. The molecule has 1 rings (SSSR count). The average molecular weight is 210 g/mol. The molecule has 0 atom stereocenters. The fourth-order valence-electron chi connectivity index (χ4n) is 1.72. The Labute approximate surface area is 89.6 Å². The van der Waals surface area contributed by atoms with E-state index in [9.17, 15) is 0 Å². The van der Waals surface area contributed by atoms with E-state index in [1.54, 1.807) is 6.20 Å². The summed E-state index contributed by atoms with van der Waals surface area (Å²) in [5.41, 5.74) is 7.67. The van der Waals surface area contributed by atoms with Crippen LogP contribution in [0.15, 0.2) is 11.4 Å². The van der Waals surface area contributed by atoms with E-state index in [4.69, 9.17) is 10.9 Å². The Hall–Kier alpha value is -1.52. The van der Waals surface area contributed by atoms with E-state index in [1.807, 2.05) is 11.6 Å². The molecule has 5 heteroatoms. The molecule has 84 valence electrons. The second-order valence-electron chi connectivity index (χ2n) is 3.79. The van der Waals surface area contributed by atoms with Crippen LogP contribution < -0.4 is 5.73 Å². The van der Waals surface area contributed by atoms with E-state index in [1.165, 1.54) is 0 Å². The highest BCUT2D eigenvalue weighted by molar-refractivity contribution is 5.82. The standard InChI is InChI=1S/C10H18N4O/c1-4-14-10(7(2)3)8(6-12-14)5-9(11)13-15/h6-7,15H,4-5H2,1-3H3,(H2,11,13). The van der Waals surface area contributed by atoms with Gasteiger partial charge in [-0.05, 0) is 12.8 Å². The van der Waals surface area contributed by atoms with Gasteiger partial charge in [0, 0.05) is 24.2 Å². The van der Waals surface area contributed by atoms with Gasteiger partial charge in [-0.3, -0.25) is 4.68 Å². The molecule has 0 bridgehead atoms. The SMILES string of the molecule is CCn1ncc(C/C(N)=N/O)c1C(C)C. The average Bonchev–Trinajstić information content (AvgIpc) is 2.60. The van der Waals surface area contributed by atoms with Gasteiger partial charge >= 0.3 is 0 Å². The van der Waals surface area contributed by atoms with Gasteiger partial charge in [0.15, 0.2) is 0 Å². The highest BCUT2D eigenvalue weighted by Gasteiger charge is 2.14. The molecule has 0 saturated carbocycles. The lowest BCUT2D eigenvalue weighted by Crippen LogP contribution is -2.16. The summed E-state index contributed by atoms with van der Waals surface area (Å²) in [4.78, 5) is 0. The van der Waals surface area contributed by atoms with Gasteiger partial charge < -0.3 is 10.9 Å². The predicted octanol–water partition coefficient (Wildman–Crippen LogP) is 1.32. The van der Waals surface area contributed by atoms with Crippen LogP contribution in [0.2, 0.25) is 0 Å². The molecule has 1 heterocycles. The summed E-state index contributed by atoms with van der Waals surface area (Å²) in [6.07, 6.45) is 2.24. The first-order valence-electron chi connectivity index (χ1n) is 5.11. The molecule has 0 aliphatic rings. The van der Waals surface area contributed by atoms with Crippen molar-refractivity contribution in [2.45, 2.75) is 39.7 Å². The Balaban J connectivity index is 3.02. The number of rotatable bonds is 4. The highest BCUT2D eigenvalue weighted by atomic mass is 16.4. The number of aryl methyl sites for hydroxylation is 1. The molecule has 0 saturated heterocycles. The van der Waals surface area contributed by atoms with Gasteiger partial charge in [-0.25, -0.2) is 0 Å². The molecule has 3 N–H and O–H groups in total. The molecule has 0 radical (unpaired) electrons. The number of nitrogens with zero attached hydrogens (tertiary/aromatic N) is 3. The van der Waals surface area contributed by atoms with Crippen molar-refractivity contribution in [2.75, 3.05) is 0 Å². The van der Waals surface area contributed by atoms with Crippen LogP contribution >= 0.6 is 0 Å². The molecule has 0 aliphatic carbocycles. The Bertz CT molecular complexity index is 354. The Morgan fingerprint density at radius 1 is 1.67 bits per heavy atom. The van der Waals surface area contributed by atoms with Crippen molar-refractivity contribution >= 4 is 5.84 Å². The first kappa shape index (κ1) is 11.6. The fourth-order valence-corrected chi connectivity index (χ4v) is 1.72. The number of oxime groups is 1. The Morgan fingerprint density at radius 3 is 2.80 bits per heavy atom. The maximum atomic E-state index is 8.53. The third kappa shape index (κ3) is 2.49. The molecule has 0 amide bonds. The summed E-state index contributed by atoms with van der Waals surface area (Å²) in [5.74, 6) is 0.599. The van der Waals surface area contributed by atoms with E-state index < -0.39 is 0 Å². The van der Waals surface area contributed by atoms with E-state index in [0.717, 1.165) is 17.8 Å². The third-order valence-electron chi connectivity index (χ3n) is 2.31. The second-order valence-corrected chi connectivity index (χ2v) is 3.79. The molecule has 1 aromatic heterocycles. The second kappa shape index (κ2) is 4.82. The largest absolute Gasteiger partial charge is 0.409 e. The van der Waals surface area contributed by atoms with E-state index in [0.29, 0.717) is 12.3 Å². The van der Waals surface area contributed by atoms with Gasteiger partial charge in [0.25, 0.3) is 0 Å². The minimum Gasteiger partial charge on any atom is -0.409 e. The zero-order valence-electron chi connectivity index (χ0n) is 9.44. The van der Waals surface area contributed by atoms with Gasteiger partial charge in [-0.1, -0.05) is 19.0 Å². The lowest BCUT2D eigenvalue weighted by atomic mass is 10.0. The lowest BCUT2D eigenvalue weighted by molar-refractivity contribution is 0.317. The van der Waals surface area contributed by atoms with Crippen molar-refractivity contribution in [3.05, 3.63) is 17.5 Å². The van der Waals surface area contributed by atoms with Crippen molar-refractivity contribution in [2.24, 2.45) is 10.9 Å². The van der Waals surface area contributed by atoms with Crippen LogP contribution in [0.1, 0.15) is 37.9 Å². The smallest absolute Gasteiger partial charge is 0.143 e. The molecule has 0 spiro atoms. The van der Waals surface area contributed by atoms with Crippen molar-refractivity contribution in [1.29, 1.82) is 0 Å². The predicted molar refractivity (Wildman–Crippen MR) is 59.1 cm³/mol. The zero-order valence-corrected chi connectivity index (χ0v) is 9.44. The van der Waals surface area contributed by atoms with Gasteiger partial charge in [0.05, 0.1) is 6.20 Å². The number of hydrogen-bond donors (Lipinski definition) is 2. The number of aromatic nitrogens is 2. The van der Waals surface area contributed by atoms with Crippen LogP contribution in [0, 0.1) is 0 Å². The van der Waals surface area contributed by atoms with Gasteiger partial charge in [0.2, 0.25) is 0 Å². The van der Waals surface area contributed by atoms with Crippen LogP contribution in [-0.4, -0.2) is 20.8 Å². The Morgan fingerprint density at radius 2 is 2.33 bits per heavy atom. The van der Waals surface area contributed by atoms with E-state index in [2.05, 4.69) is 24.1 Å². The molecule has 15 heavy (non-hydrogen) atoms. The van der Waals surface area contributed by atoms with Crippen LogP contribution in [0.25, 0.3) is 0 Å². The molecular formula is C10H18N4O. The lowest BCUT2D eigenvalue weighted by Gasteiger charge is -2.10. The summed E-state index contributed by atoms with van der Waals surface area (Å²) in [7, 11) is 0. The van der Waals surface area contributed by atoms with Crippen LogP contribution in [-0.2, 0) is 13.0 Å². The number of hydrogen-bond acceptors (Lipinski definition) is 3. The number of amidine groups is 1. The van der Waals surface area contributed by atoms with Crippen molar-refractivity contribution in [3.8, 4) is 0 Å². The first-order valence-corrected chi connectivity index (χ1v) is 5.11. The topological polar surface area (TPSA) is 76.4 Å². The van der Waals surface area contributed by atoms with Crippen LogP contribution in [0.5, 0.6) is 0 Å². The maximum Gasteiger partial charge on any atom is 0.143 e. The molecular weight excluding hydrogens is 192 g/mol. The first-order chi connectivity index (χ1) is 7.10. The van der Waals surface area contributed by atoms with Gasteiger partial charge in [0.1, 0.15) is 5.84 Å². The van der Waals surface area contributed by atoms with Gasteiger partial charge in [-0.2, -0.15) is 5.10 Å². The van der Waals surface area contributed by atoms with Crippen molar-refractivity contribution in [3.63, 3.8) is 0 Å². The maximum absolute atomic E-state index is 8.53. The van der Waals surface area contributed by atoms with Crippen molar-refractivity contribution < 1.29 is 5.21 Å².